The van der Waals surface area contributed by atoms with Crippen LogP contribution in [0, 0.1) is 6.92 Å². The van der Waals surface area contributed by atoms with Gasteiger partial charge < -0.3 is 4.98 Å². The number of aromatic amines is 1. The average molecular weight is 325 g/mol. The Morgan fingerprint density at radius 2 is 1.88 bits per heavy atom. The van der Waals surface area contributed by atoms with Crippen LogP contribution in [-0.4, -0.2) is 4.98 Å². The van der Waals surface area contributed by atoms with Crippen LogP contribution in [0.1, 0.15) is 23.7 Å². The lowest BCUT2D eigenvalue weighted by molar-refractivity contribution is 1.04. The molecular weight excluding hydrogens is 309 g/mol. The number of alkyl halides is 1. The maximum absolute atomic E-state index is 3.51. The first-order chi connectivity index (χ1) is 7.74. The van der Waals surface area contributed by atoms with Crippen molar-refractivity contribution in [3.8, 4) is 11.3 Å². The lowest BCUT2D eigenvalue weighted by atomic mass is 10.1. The Morgan fingerprint density at radius 1 is 1.19 bits per heavy atom. The average Bonchev–Trinajstić information content (AvgIpc) is 2.73. The third-order valence-electron chi connectivity index (χ3n) is 2.85. The smallest absolute Gasteiger partial charge is 0.0459 e. The van der Waals surface area contributed by atoms with Gasteiger partial charge in [-0.3, -0.25) is 0 Å². The van der Waals surface area contributed by atoms with Crippen LogP contribution in [0.15, 0.2) is 30.3 Å². The van der Waals surface area contributed by atoms with Crippen LogP contribution < -0.4 is 0 Å². The second-order valence-electron chi connectivity index (χ2n) is 4.04. The monoisotopic (exact) mass is 325 g/mol. The Labute approximate surface area is 110 Å². The summed E-state index contributed by atoms with van der Waals surface area (Å²) in [6, 6.07) is 10.9. The molecule has 2 heteroatoms. The number of nitrogens with one attached hydrogen (secondary N) is 1. The van der Waals surface area contributed by atoms with Crippen LogP contribution in [0.25, 0.3) is 11.3 Å². The zero-order valence-corrected chi connectivity index (χ0v) is 11.8. The first-order valence-corrected chi connectivity index (χ1v) is 7.11. The largest absolute Gasteiger partial charge is 0.358 e. The molecule has 0 atom stereocenters. The molecule has 0 aliphatic carbocycles. The standard InChI is InChI=1S/C14H16IN/c1-3-13-12(9-15)8-14(16-13)11-6-4-10(2)5-7-11/h4-8,16H,3,9H2,1-2H3. The van der Waals surface area contributed by atoms with Gasteiger partial charge in [-0.15, -0.1) is 0 Å². The molecule has 0 fully saturated rings. The maximum Gasteiger partial charge on any atom is 0.0459 e. The van der Waals surface area contributed by atoms with E-state index >= 15 is 0 Å². The van der Waals surface area contributed by atoms with Crippen LogP contribution in [0.2, 0.25) is 0 Å². The van der Waals surface area contributed by atoms with Crippen molar-refractivity contribution in [1.29, 1.82) is 0 Å². The third kappa shape index (κ3) is 2.32. The van der Waals surface area contributed by atoms with E-state index in [0.29, 0.717) is 0 Å². The van der Waals surface area contributed by atoms with E-state index in [1.165, 1.54) is 28.1 Å². The highest BCUT2D eigenvalue weighted by Gasteiger charge is 2.06. The Bertz CT molecular complexity index is 446. The second-order valence-corrected chi connectivity index (χ2v) is 4.80. The predicted octanol–water partition coefficient (Wildman–Crippen LogP) is 4.49. The Balaban J connectivity index is 2.40. The number of aromatic nitrogens is 1. The molecule has 0 saturated carbocycles. The van der Waals surface area contributed by atoms with Gasteiger partial charge in [-0.1, -0.05) is 59.3 Å². The number of halogens is 1. The van der Waals surface area contributed by atoms with Crippen molar-refractivity contribution in [3.63, 3.8) is 0 Å². The highest BCUT2D eigenvalue weighted by atomic mass is 127. The van der Waals surface area contributed by atoms with E-state index in [-0.39, 0.29) is 0 Å². The van der Waals surface area contributed by atoms with Crippen LogP contribution in [0.3, 0.4) is 0 Å². The Morgan fingerprint density at radius 3 is 2.38 bits per heavy atom. The van der Waals surface area contributed by atoms with Crippen LogP contribution >= 0.6 is 22.6 Å². The van der Waals surface area contributed by atoms with Gasteiger partial charge in [-0.05, 0) is 30.5 Å². The molecule has 84 valence electrons. The second kappa shape index (κ2) is 5.04. The van der Waals surface area contributed by atoms with Crippen LogP contribution in [-0.2, 0) is 10.8 Å². The van der Waals surface area contributed by atoms with Gasteiger partial charge in [-0.2, -0.15) is 0 Å². The fraction of sp³-hybridized carbons (Fsp3) is 0.286. The summed E-state index contributed by atoms with van der Waals surface area (Å²) < 4.78 is 1.07. The number of rotatable bonds is 3. The van der Waals surface area contributed by atoms with E-state index in [1.807, 2.05) is 0 Å². The van der Waals surface area contributed by atoms with Gasteiger partial charge in [0, 0.05) is 15.8 Å². The molecular formula is C14H16IN. The summed E-state index contributed by atoms with van der Waals surface area (Å²) in [7, 11) is 0. The molecule has 0 saturated heterocycles. The molecule has 16 heavy (non-hydrogen) atoms. The third-order valence-corrected chi connectivity index (χ3v) is 3.67. The van der Waals surface area contributed by atoms with Gasteiger partial charge in [0.15, 0.2) is 0 Å². The molecule has 2 aromatic rings. The molecule has 1 aromatic heterocycles. The van der Waals surface area contributed by atoms with E-state index in [1.54, 1.807) is 0 Å². The molecule has 1 aromatic carbocycles. The normalized spacial score (nSPS) is 10.7. The summed E-state index contributed by atoms with van der Waals surface area (Å²) in [6.45, 7) is 4.31. The number of hydrogen-bond acceptors (Lipinski definition) is 0. The Kier molecular flexibility index (Phi) is 3.69. The number of benzene rings is 1. The molecule has 0 aliphatic heterocycles. The number of aryl methyl sites for hydroxylation is 2. The topological polar surface area (TPSA) is 15.8 Å². The van der Waals surface area contributed by atoms with Crippen molar-refractivity contribution in [2.45, 2.75) is 24.7 Å². The lowest BCUT2D eigenvalue weighted by Gasteiger charge is -1.98. The SMILES string of the molecule is CCc1[nH]c(-c2ccc(C)cc2)cc1CI. The van der Waals surface area contributed by atoms with Crippen LogP contribution in [0.5, 0.6) is 0 Å². The zero-order valence-electron chi connectivity index (χ0n) is 9.68. The summed E-state index contributed by atoms with van der Waals surface area (Å²) >= 11 is 2.42. The maximum atomic E-state index is 3.51. The minimum atomic E-state index is 1.07. The fourth-order valence-electron chi connectivity index (χ4n) is 1.86. The van der Waals surface area contributed by atoms with Crippen molar-refractivity contribution in [2.75, 3.05) is 0 Å². The summed E-state index contributed by atoms with van der Waals surface area (Å²) in [4.78, 5) is 3.51. The van der Waals surface area contributed by atoms with E-state index in [9.17, 15) is 0 Å². The van der Waals surface area contributed by atoms with Crippen molar-refractivity contribution in [2.24, 2.45) is 0 Å². The fourth-order valence-corrected chi connectivity index (χ4v) is 2.54. The van der Waals surface area contributed by atoms with Gasteiger partial charge in [0.25, 0.3) is 0 Å². The highest BCUT2D eigenvalue weighted by Crippen LogP contribution is 2.24. The molecule has 0 spiro atoms. The first-order valence-electron chi connectivity index (χ1n) is 5.58. The first kappa shape index (κ1) is 11.7. The lowest BCUT2D eigenvalue weighted by Crippen LogP contribution is -1.84. The number of H-pyrrole nitrogens is 1. The molecule has 0 aliphatic rings. The molecule has 0 amide bonds. The molecule has 1 heterocycles. The van der Waals surface area contributed by atoms with Gasteiger partial charge >= 0.3 is 0 Å². The summed E-state index contributed by atoms with van der Waals surface area (Å²) in [5, 5.41) is 0. The molecule has 1 N–H and O–H groups in total. The highest BCUT2D eigenvalue weighted by molar-refractivity contribution is 14.1. The molecule has 0 radical (unpaired) electrons. The van der Waals surface area contributed by atoms with Crippen molar-refractivity contribution < 1.29 is 0 Å². The van der Waals surface area contributed by atoms with Gasteiger partial charge in [0.2, 0.25) is 0 Å². The molecule has 1 nitrogen and oxygen atoms in total. The minimum absolute atomic E-state index is 1.07. The van der Waals surface area contributed by atoms with E-state index in [2.05, 4.69) is 71.8 Å². The minimum Gasteiger partial charge on any atom is -0.358 e. The molecule has 2 rings (SSSR count). The quantitative estimate of drug-likeness (QED) is 0.632. The van der Waals surface area contributed by atoms with Crippen molar-refractivity contribution in [1.82, 2.24) is 4.98 Å². The van der Waals surface area contributed by atoms with Gasteiger partial charge in [0.05, 0.1) is 0 Å². The van der Waals surface area contributed by atoms with Gasteiger partial charge in [0.1, 0.15) is 0 Å². The van der Waals surface area contributed by atoms with E-state index in [0.717, 1.165) is 10.8 Å². The van der Waals surface area contributed by atoms with Crippen LogP contribution in [0.4, 0.5) is 0 Å². The molecule has 0 unspecified atom stereocenters. The summed E-state index contributed by atoms with van der Waals surface area (Å²) in [6.07, 6.45) is 1.07. The van der Waals surface area contributed by atoms with Gasteiger partial charge in [-0.25, -0.2) is 0 Å². The van der Waals surface area contributed by atoms with E-state index in [4.69, 9.17) is 0 Å². The van der Waals surface area contributed by atoms with Crippen molar-refractivity contribution >= 4 is 22.6 Å². The zero-order chi connectivity index (χ0) is 11.5. The Hall–Kier alpha value is -0.770. The number of hydrogen-bond donors (Lipinski definition) is 1. The van der Waals surface area contributed by atoms with E-state index < -0.39 is 0 Å². The molecule has 0 bridgehead atoms. The predicted molar refractivity (Wildman–Crippen MR) is 78.1 cm³/mol. The summed E-state index contributed by atoms with van der Waals surface area (Å²) in [5.41, 5.74) is 6.61. The van der Waals surface area contributed by atoms with Crippen molar-refractivity contribution in [3.05, 3.63) is 47.2 Å². The summed E-state index contributed by atoms with van der Waals surface area (Å²) in [5.74, 6) is 0.